The van der Waals surface area contributed by atoms with Crippen LogP contribution in [0.3, 0.4) is 0 Å². The standard InChI is InChI=1S/C30H42BrN3O5S/c1-2-39-21-14-12-20(13-15-21)32-27(36)23-24-29(38)34(16-8-3-4-9-17-35)26(30(24)18-22(31)25(23)40-30)28(37)33-19-10-6-5-7-11-19/h12-15,19,22-26,35H,2-11,16-18H2,1H3,(H,32,36)(H,33,37)/t22?,23-,24+,25-,26?,30?/m1/s1. The summed E-state index contributed by atoms with van der Waals surface area (Å²) >= 11 is 5.52. The van der Waals surface area contributed by atoms with Crippen molar-refractivity contribution in [3.8, 4) is 5.75 Å². The Balaban J connectivity index is 1.38. The van der Waals surface area contributed by atoms with Gasteiger partial charge in [-0.3, -0.25) is 14.4 Å². The average molecular weight is 637 g/mol. The Bertz CT molecular complexity index is 1070. The van der Waals surface area contributed by atoms with Crippen LogP contribution in [0.5, 0.6) is 5.75 Å². The Morgan fingerprint density at radius 2 is 1.82 bits per heavy atom. The van der Waals surface area contributed by atoms with Gasteiger partial charge in [0.2, 0.25) is 17.7 Å². The van der Waals surface area contributed by atoms with Crippen molar-refractivity contribution in [2.24, 2.45) is 11.8 Å². The molecule has 1 spiro atoms. The van der Waals surface area contributed by atoms with Crippen LogP contribution in [0.2, 0.25) is 0 Å². The van der Waals surface area contributed by atoms with Gasteiger partial charge in [0.1, 0.15) is 11.8 Å². The molecule has 4 fully saturated rings. The van der Waals surface area contributed by atoms with E-state index in [1.807, 2.05) is 31.2 Å². The second-order valence-electron chi connectivity index (χ2n) is 11.6. The molecule has 10 heteroatoms. The smallest absolute Gasteiger partial charge is 0.244 e. The van der Waals surface area contributed by atoms with Crippen LogP contribution in [-0.4, -0.2) is 74.4 Å². The van der Waals surface area contributed by atoms with Gasteiger partial charge >= 0.3 is 0 Å². The molecule has 3 saturated heterocycles. The number of thioether (sulfide) groups is 1. The zero-order chi connectivity index (χ0) is 28.3. The molecule has 1 aromatic rings. The number of anilines is 1. The van der Waals surface area contributed by atoms with E-state index in [0.29, 0.717) is 25.3 Å². The number of carbonyl (C=O) groups excluding carboxylic acids is 3. The summed E-state index contributed by atoms with van der Waals surface area (Å²) in [6.45, 7) is 3.15. The second-order valence-corrected chi connectivity index (χ2v) is 14.3. The summed E-state index contributed by atoms with van der Waals surface area (Å²) in [7, 11) is 0. The van der Waals surface area contributed by atoms with E-state index in [-0.39, 0.29) is 40.4 Å². The van der Waals surface area contributed by atoms with Crippen LogP contribution in [0.15, 0.2) is 24.3 Å². The van der Waals surface area contributed by atoms with Gasteiger partial charge in [-0.1, -0.05) is 48.0 Å². The minimum atomic E-state index is -0.624. The van der Waals surface area contributed by atoms with E-state index >= 15 is 0 Å². The second kappa shape index (κ2) is 13.0. The van der Waals surface area contributed by atoms with E-state index in [4.69, 9.17) is 9.84 Å². The fraction of sp³-hybridized carbons (Fsp3) is 0.700. The molecule has 3 N–H and O–H groups in total. The quantitative estimate of drug-likeness (QED) is 0.231. The first-order chi connectivity index (χ1) is 19.4. The van der Waals surface area contributed by atoms with Gasteiger partial charge in [0.05, 0.1) is 23.2 Å². The molecular formula is C30H42BrN3O5S. The van der Waals surface area contributed by atoms with Gasteiger partial charge in [0.15, 0.2) is 0 Å². The van der Waals surface area contributed by atoms with Crippen LogP contribution < -0.4 is 15.4 Å². The molecule has 1 aromatic carbocycles. The van der Waals surface area contributed by atoms with Crippen LogP contribution in [-0.2, 0) is 14.4 Å². The largest absolute Gasteiger partial charge is 0.494 e. The van der Waals surface area contributed by atoms with Gasteiger partial charge in [-0.05, 0) is 63.3 Å². The molecule has 2 bridgehead atoms. The van der Waals surface area contributed by atoms with Gasteiger partial charge in [-0.25, -0.2) is 0 Å². The number of aliphatic hydroxyl groups excluding tert-OH is 1. The number of amides is 3. The molecule has 8 nitrogen and oxygen atoms in total. The first-order valence-corrected chi connectivity index (χ1v) is 16.8. The number of rotatable bonds is 12. The maximum absolute atomic E-state index is 14.2. The normalized spacial score (nSPS) is 31.3. The number of carbonyl (C=O) groups is 3. The highest BCUT2D eigenvalue weighted by atomic mass is 79.9. The van der Waals surface area contributed by atoms with Crippen LogP contribution in [0.25, 0.3) is 0 Å². The summed E-state index contributed by atoms with van der Waals surface area (Å²) in [5.74, 6) is -0.596. The Hall–Kier alpha value is -1.78. The average Bonchev–Trinajstić information content (AvgIpc) is 3.53. The predicted octanol–water partition coefficient (Wildman–Crippen LogP) is 4.49. The number of hydrogen-bond acceptors (Lipinski definition) is 6. The fourth-order valence-corrected chi connectivity index (χ4v) is 10.9. The topological polar surface area (TPSA) is 108 Å². The van der Waals surface area contributed by atoms with Gasteiger partial charge < -0.3 is 25.4 Å². The molecule has 5 rings (SSSR count). The molecule has 3 unspecified atom stereocenters. The van der Waals surface area contributed by atoms with Gasteiger partial charge in [-0.15, -0.1) is 11.8 Å². The van der Waals surface area contributed by atoms with Crippen molar-refractivity contribution in [3.63, 3.8) is 0 Å². The van der Waals surface area contributed by atoms with Crippen molar-refractivity contribution in [1.29, 1.82) is 0 Å². The lowest BCUT2D eigenvalue weighted by molar-refractivity contribution is -0.139. The Morgan fingerprint density at radius 1 is 1.10 bits per heavy atom. The lowest BCUT2D eigenvalue weighted by Gasteiger charge is -2.36. The Kier molecular flexibility index (Phi) is 9.67. The van der Waals surface area contributed by atoms with E-state index in [9.17, 15) is 14.4 Å². The molecule has 4 aliphatic rings. The first-order valence-electron chi connectivity index (χ1n) is 15.0. The zero-order valence-electron chi connectivity index (χ0n) is 23.3. The van der Waals surface area contributed by atoms with Crippen LogP contribution >= 0.6 is 27.7 Å². The monoisotopic (exact) mass is 635 g/mol. The van der Waals surface area contributed by atoms with Gasteiger partial charge in [-0.2, -0.15) is 0 Å². The van der Waals surface area contributed by atoms with Crippen LogP contribution in [0, 0.1) is 11.8 Å². The van der Waals surface area contributed by atoms with E-state index in [1.165, 1.54) is 6.42 Å². The lowest BCUT2D eigenvalue weighted by Crippen LogP contribution is -2.56. The highest BCUT2D eigenvalue weighted by Crippen LogP contribution is 2.67. The molecular weight excluding hydrogens is 594 g/mol. The maximum Gasteiger partial charge on any atom is 0.244 e. The van der Waals surface area contributed by atoms with Crippen molar-refractivity contribution >= 4 is 51.1 Å². The molecule has 1 saturated carbocycles. The van der Waals surface area contributed by atoms with Gasteiger partial charge in [0, 0.05) is 35.0 Å². The minimum Gasteiger partial charge on any atom is -0.494 e. The fourth-order valence-electron chi connectivity index (χ4n) is 7.27. The summed E-state index contributed by atoms with van der Waals surface area (Å²) in [6, 6.07) is 6.87. The zero-order valence-corrected chi connectivity index (χ0v) is 25.7. The summed E-state index contributed by atoms with van der Waals surface area (Å²) in [5.41, 5.74) is 0.666. The Labute approximate surface area is 249 Å². The van der Waals surface area contributed by atoms with Crippen LogP contribution in [0.4, 0.5) is 5.69 Å². The predicted molar refractivity (Wildman–Crippen MR) is 161 cm³/mol. The number of hydrogen-bond donors (Lipinski definition) is 3. The highest BCUT2D eigenvalue weighted by molar-refractivity contribution is 9.09. The summed E-state index contributed by atoms with van der Waals surface area (Å²) < 4.78 is 4.90. The summed E-state index contributed by atoms with van der Waals surface area (Å²) in [6.07, 6.45) is 9.37. The number of likely N-dealkylation sites (tertiary alicyclic amines) is 1. The number of benzene rings is 1. The highest BCUT2D eigenvalue weighted by Gasteiger charge is 2.75. The van der Waals surface area contributed by atoms with E-state index < -0.39 is 22.6 Å². The maximum atomic E-state index is 14.2. The number of nitrogens with zero attached hydrogens (tertiary/aromatic N) is 1. The molecule has 40 heavy (non-hydrogen) atoms. The van der Waals surface area contributed by atoms with E-state index in [0.717, 1.165) is 57.1 Å². The first kappa shape index (κ1) is 29.7. The lowest BCUT2D eigenvalue weighted by atomic mass is 9.70. The molecule has 3 heterocycles. The Morgan fingerprint density at radius 3 is 2.52 bits per heavy atom. The van der Waals surface area contributed by atoms with Crippen molar-refractivity contribution < 1.29 is 24.2 Å². The number of aliphatic hydroxyl groups is 1. The molecule has 3 aliphatic heterocycles. The number of unbranched alkanes of at least 4 members (excludes halogenated alkanes) is 3. The molecule has 3 amide bonds. The number of alkyl halides is 1. The SMILES string of the molecule is CCOc1ccc(NC(=O)[C@H]2[C@@H]3SC4(CC3Br)C(C(=O)NC3CCCCC3)N(CCCCCCO)C(=O)[C@H]24)cc1. The third-order valence-electron chi connectivity index (χ3n) is 9.03. The summed E-state index contributed by atoms with van der Waals surface area (Å²) in [5, 5.41) is 15.4. The van der Waals surface area contributed by atoms with Crippen molar-refractivity contribution in [3.05, 3.63) is 24.3 Å². The number of nitrogens with one attached hydrogen (secondary N) is 2. The third-order valence-corrected chi connectivity index (χ3v) is 12.3. The molecule has 6 atom stereocenters. The molecule has 220 valence electrons. The molecule has 1 aliphatic carbocycles. The molecule has 0 radical (unpaired) electrons. The number of ether oxygens (including phenoxy) is 1. The van der Waals surface area contributed by atoms with E-state index in [2.05, 4.69) is 26.6 Å². The van der Waals surface area contributed by atoms with E-state index in [1.54, 1.807) is 16.7 Å². The van der Waals surface area contributed by atoms with Gasteiger partial charge in [0.25, 0.3) is 0 Å². The van der Waals surface area contributed by atoms with Crippen molar-refractivity contribution in [2.45, 2.75) is 98.0 Å². The number of halogens is 1. The number of fused-ring (bicyclic) bond motifs is 1. The van der Waals surface area contributed by atoms with Crippen molar-refractivity contribution in [1.82, 2.24) is 10.2 Å². The summed E-state index contributed by atoms with van der Waals surface area (Å²) in [4.78, 5) is 43.8. The third kappa shape index (κ3) is 5.77. The van der Waals surface area contributed by atoms with Crippen molar-refractivity contribution in [2.75, 3.05) is 25.1 Å². The molecule has 0 aromatic heterocycles. The van der Waals surface area contributed by atoms with Crippen LogP contribution in [0.1, 0.15) is 71.1 Å². The minimum absolute atomic E-state index is 0.0483.